The summed E-state index contributed by atoms with van der Waals surface area (Å²) in [6.07, 6.45) is 3.48. The Hall–Kier alpha value is -1.87. The third-order valence-electron chi connectivity index (χ3n) is 5.34. The van der Waals surface area contributed by atoms with Gasteiger partial charge < -0.3 is 14.2 Å². The van der Waals surface area contributed by atoms with Gasteiger partial charge in [-0.3, -0.25) is 9.59 Å². The summed E-state index contributed by atoms with van der Waals surface area (Å²) >= 11 is 3.01. The van der Waals surface area contributed by atoms with E-state index in [1.54, 1.807) is 28.1 Å². The lowest BCUT2D eigenvalue weighted by molar-refractivity contribution is -0.136. The molecular formula is C19H24N4O3S2. The van der Waals surface area contributed by atoms with Crippen molar-refractivity contribution in [2.75, 3.05) is 31.9 Å². The van der Waals surface area contributed by atoms with E-state index in [2.05, 4.69) is 23.2 Å². The minimum absolute atomic E-state index is 0.0357. The van der Waals surface area contributed by atoms with Crippen LogP contribution in [0.4, 0.5) is 0 Å². The van der Waals surface area contributed by atoms with Gasteiger partial charge in [-0.2, -0.15) is 0 Å². The van der Waals surface area contributed by atoms with E-state index in [4.69, 9.17) is 4.42 Å². The molecular weight excluding hydrogens is 396 g/mol. The van der Waals surface area contributed by atoms with Gasteiger partial charge >= 0.3 is 0 Å². The van der Waals surface area contributed by atoms with Gasteiger partial charge in [-0.15, -0.1) is 21.5 Å². The lowest BCUT2D eigenvalue weighted by atomic mass is 9.90. The SMILES string of the molecule is CC(=O)N1CCN(C(=O)CSc2nnc(-c3cc4c(s3)CC[C@H](C)C4)o2)CC1. The Morgan fingerprint density at radius 1 is 1.25 bits per heavy atom. The second-order valence-electron chi connectivity index (χ2n) is 7.46. The first kappa shape index (κ1) is 19.4. The van der Waals surface area contributed by atoms with E-state index in [1.165, 1.54) is 28.6 Å². The van der Waals surface area contributed by atoms with Crippen molar-refractivity contribution in [3.05, 3.63) is 16.5 Å². The van der Waals surface area contributed by atoms with Gasteiger partial charge in [-0.1, -0.05) is 18.7 Å². The monoisotopic (exact) mass is 420 g/mol. The van der Waals surface area contributed by atoms with Gasteiger partial charge in [0.25, 0.3) is 11.1 Å². The summed E-state index contributed by atoms with van der Waals surface area (Å²) in [4.78, 5) is 29.8. The van der Waals surface area contributed by atoms with Crippen LogP contribution in [0.2, 0.25) is 0 Å². The van der Waals surface area contributed by atoms with Crippen LogP contribution in [0.3, 0.4) is 0 Å². The second kappa shape index (κ2) is 8.24. The predicted octanol–water partition coefficient (Wildman–Crippen LogP) is 2.71. The number of aromatic nitrogens is 2. The molecule has 28 heavy (non-hydrogen) atoms. The molecule has 2 aromatic rings. The lowest BCUT2D eigenvalue weighted by Crippen LogP contribution is -2.50. The van der Waals surface area contributed by atoms with E-state index in [0.29, 0.717) is 37.3 Å². The van der Waals surface area contributed by atoms with Crippen molar-refractivity contribution >= 4 is 34.9 Å². The van der Waals surface area contributed by atoms with Crippen LogP contribution < -0.4 is 0 Å². The summed E-state index contributed by atoms with van der Waals surface area (Å²) in [7, 11) is 0. The number of fused-ring (bicyclic) bond motifs is 1. The van der Waals surface area contributed by atoms with Crippen LogP contribution in [0.25, 0.3) is 10.8 Å². The molecule has 0 spiro atoms. The fourth-order valence-electron chi connectivity index (χ4n) is 3.66. The van der Waals surface area contributed by atoms with Gasteiger partial charge in [0.1, 0.15) is 0 Å². The molecule has 0 saturated carbocycles. The van der Waals surface area contributed by atoms with Gasteiger partial charge in [0.2, 0.25) is 11.8 Å². The number of hydrogen-bond acceptors (Lipinski definition) is 7. The number of piperazine rings is 1. The molecule has 0 unspecified atom stereocenters. The highest BCUT2D eigenvalue weighted by atomic mass is 32.2. The molecule has 1 aliphatic carbocycles. The van der Waals surface area contributed by atoms with Crippen LogP contribution in [0.1, 0.15) is 30.7 Å². The van der Waals surface area contributed by atoms with E-state index >= 15 is 0 Å². The van der Waals surface area contributed by atoms with E-state index in [9.17, 15) is 9.59 Å². The molecule has 7 nitrogen and oxygen atoms in total. The molecule has 150 valence electrons. The number of rotatable bonds is 4. The molecule has 9 heteroatoms. The quantitative estimate of drug-likeness (QED) is 0.708. The van der Waals surface area contributed by atoms with Crippen LogP contribution in [0, 0.1) is 5.92 Å². The van der Waals surface area contributed by atoms with Crippen molar-refractivity contribution in [2.24, 2.45) is 5.92 Å². The van der Waals surface area contributed by atoms with Gasteiger partial charge in [-0.05, 0) is 36.8 Å². The van der Waals surface area contributed by atoms with Crippen LogP contribution in [-0.2, 0) is 22.4 Å². The Morgan fingerprint density at radius 3 is 2.75 bits per heavy atom. The zero-order chi connectivity index (χ0) is 19.7. The highest BCUT2D eigenvalue weighted by Crippen LogP contribution is 2.37. The minimum Gasteiger partial charge on any atom is -0.410 e. The zero-order valence-corrected chi connectivity index (χ0v) is 17.8. The maximum Gasteiger partial charge on any atom is 0.277 e. The molecule has 2 aromatic heterocycles. The topological polar surface area (TPSA) is 79.5 Å². The van der Waals surface area contributed by atoms with Crippen molar-refractivity contribution in [1.82, 2.24) is 20.0 Å². The fourth-order valence-corrected chi connectivity index (χ4v) is 5.46. The van der Waals surface area contributed by atoms with Gasteiger partial charge in [0.15, 0.2) is 0 Å². The molecule has 1 saturated heterocycles. The lowest BCUT2D eigenvalue weighted by Gasteiger charge is -2.34. The normalized spacial score (nSPS) is 19.6. The maximum atomic E-state index is 12.4. The van der Waals surface area contributed by atoms with E-state index in [-0.39, 0.29) is 17.6 Å². The highest BCUT2D eigenvalue weighted by Gasteiger charge is 2.24. The van der Waals surface area contributed by atoms with Crippen molar-refractivity contribution < 1.29 is 14.0 Å². The third-order valence-corrected chi connectivity index (χ3v) is 7.37. The number of thioether (sulfide) groups is 1. The number of thiophene rings is 1. The summed E-state index contributed by atoms with van der Waals surface area (Å²) in [5.41, 5.74) is 1.41. The molecule has 0 bridgehead atoms. The molecule has 0 radical (unpaired) electrons. The van der Waals surface area contributed by atoms with E-state index < -0.39 is 0 Å². The predicted molar refractivity (Wildman–Crippen MR) is 108 cm³/mol. The van der Waals surface area contributed by atoms with Crippen molar-refractivity contribution in [3.8, 4) is 10.8 Å². The molecule has 0 aromatic carbocycles. The van der Waals surface area contributed by atoms with Crippen LogP contribution >= 0.6 is 23.1 Å². The summed E-state index contributed by atoms with van der Waals surface area (Å²) in [6, 6.07) is 2.18. The average molecular weight is 421 g/mol. The Labute approximate surface area is 172 Å². The number of carbonyl (C=O) groups is 2. The largest absolute Gasteiger partial charge is 0.410 e. The Balaban J connectivity index is 1.32. The molecule has 3 heterocycles. The van der Waals surface area contributed by atoms with Gasteiger partial charge in [0, 0.05) is 38.0 Å². The van der Waals surface area contributed by atoms with Crippen molar-refractivity contribution in [2.45, 2.75) is 38.3 Å². The number of amides is 2. The standard InChI is InChI=1S/C19H24N4O3S2/c1-12-3-4-15-14(9-12)10-16(28-15)18-20-21-19(26-18)27-11-17(25)23-7-5-22(6-8-23)13(2)24/h10,12H,3-9,11H2,1-2H3/t12-/m0/s1. The third kappa shape index (κ3) is 4.25. The van der Waals surface area contributed by atoms with Crippen LogP contribution in [-0.4, -0.2) is 63.7 Å². The summed E-state index contributed by atoms with van der Waals surface area (Å²) in [5.74, 6) is 1.63. The second-order valence-corrected chi connectivity index (χ2v) is 9.52. The van der Waals surface area contributed by atoms with Crippen molar-refractivity contribution in [3.63, 3.8) is 0 Å². The molecule has 4 rings (SSSR count). The van der Waals surface area contributed by atoms with E-state index in [1.807, 2.05) is 0 Å². The first-order valence-corrected chi connectivity index (χ1v) is 11.4. The highest BCUT2D eigenvalue weighted by molar-refractivity contribution is 7.99. The molecule has 0 N–H and O–H groups in total. The first-order chi connectivity index (χ1) is 13.5. The smallest absolute Gasteiger partial charge is 0.277 e. The Kier molecular flexibility index (Phi) is 5.73. The van der Waals surface area contributed by atoms with Gasteiger partial charge in [-0.25, -0.2) is 0 Å². The Bertz CT molecular complexity index is 870. The minimum atomic E-state index is 0.0357. The molecule has 1 fully saturated rings. The molecule has 2 amide bonds. The number of hydrogen-bond donors (Lipinski definition) is 0. The molecule has 1 aliphatic heterocycles. The number of carbonyl (C=O) groups excluding carboxylic acids is 2. The van der Waals surface area contributed by atoms with Crippen LogP contribution in [0.5, 0.6) is 0 Å². The number of nitrogens with zero attached hydrogens (tertiary/aromatic N) is 4. The first-order valence-electron chi connectivity index (χ1n) is 9.61. The Morgan fingerprint density at radius 2 is 2.00 bits per heavy atom. The van der Waals surface area contributed by atoms with E-state index in [0.717, 1.165) is 23.6 Å². The summed E-state index contributed by atoms with van der Waals surface area (Å²) < 4.78 is 5.79. The number of aryl methyl sites for hydroxylation is 1. The molecule has 2 aliphatic rings. The van der Waals surface area contributed by atoms with Gasteiger partial charge in [0.05, 0.1) is 10.6 Å². The van der Waals surface area contributed by atoms with Crippen molar-refractivity contribution in [1.29, 1.82) is 0 Å². The summed E-state index contributed by atoms with van der Waals surface area (Å²) in [6.45, 7) is 6.19. The fraction of sp³-hybridized carbons (Fsp3) is 0.579. The molecule has 1 atom stereocenters. The summed E-state index contributed by atoms with van der Waals surface area (Å²) in [5, 5.41) is 8.69. The average Bonchev–Trinajstić information content (AvgIpc) is 3.32. The van der Waals surface area contributed by atoms with Crippen LogP contribution in [0.15, 0.2) is 15.7 Å². The maximum absolute atomic E-state index is 12.4. The zero-order valence-electron chi connectivity index (χ0n) is 16.1.